The molecule has 0 aliphatic heterocycles. The Balaban J connectivity index is 1.81. The lowest BCUT2D eigenvalue weighted by molar-refractivity contribution is 0.653. The fourth-order valence-electron chi connectivity index (χ4n) is 2.65. The Morgan fingerprint density at radius 2 is 1.58 bits per heavy atom. The number of rotatable bonds is 6. The molecule has 0 saturated carbocycles. The van der Waals surface area contributed by atoms with Gasteiger partial charge in [-0.3, -0.25) is 0 Å². The van der Waals surface area contributed by atoms with E-state index in [4.69, 9.17) is 0 Å². The third-order valence-corrected chi connectivity index (χ3v) is 4.09. The van der Waals surface area contributed by atoms with E-state index in [1.54, 1.807) is 10.9 Å². The van der Waals surface area contributed by atoms with E-state index in [0.717, 1.165) is 24.2 Å². The molecule has 0 atom stereocenters. The Morgan fingerprint density at radius 3 is 2.21 bits per heavy atom. The van der Waals surface area contributed by atoms with Crippen molar-refractivity contribution < 1.29 is 0 Å². The number of aromatic nitrogens is 3. The summed E-state index contributed by atoms with van der Waals surface area (Å²) in [6.45, 7) is 3.42. The van der Waals surface area contributed by atoms with E-state index in [1.165, 1.54) is 15.8 Å². The summed E-state index contributed by atoms with van der Waals surface area (Å²) in [5.74, 6) is 0. The molecule has 1 aromatic heterocycles. The second kappa shape index (κ2) is 7.27. The summed E-state index contributed by atoms with van der Waals surface area (Å²) in [4.78, 5) is 12.6. The van der Waals surface area contributed by atoms with Crippen molar-refractivity contribution in [1.29, 1.82) is 0 Å². The molecule has 0 bridgehead atoms. The highest BCUT2D eigenvalue weighted by atomic mass is 16.2. The summed E-state index contributed by atoms with van der Waals surface area (Å²) in [6, 6.07) is 16.2. The highest BCUT2D eigenvalue weighted by Gasteiger charge is 2.07. The molecule has 124 valence electrons. The van der Waals surface area contributed by atoms with Gasteiger partial charge >= 0.3 is 5.69 Å². The molecule has 24 heavy (non-hydrogen) atoms. The molecule has 5 heteroatoms. The first-order valence-electron chi connectivity index (χ1n) is 8.17. The van der Waals surface area contributed by atoms with Crippen molar-refractivity contribution in [2.75, 3.05) is 7.05 Å². The molecule has 0 saturated heterocycles. The molecule has 2 aromatic carbocycles. The zero-order valence-corrected chi connectivity index (χ0v) is 14.1. The van der Waals surface area contributed by atoms with E-state index >= 15 is 0 Å². The molecule has 3 aromatic rings. The van der Waals surface area contributed by atoms with Gasteiger partial charge in [0.15, 0.2) is 0 Å². The van der Waals surface area contributed by atoms with Gasteiger partial charge in [-0.05, 0) is 42.3 Å². The zero-order chi connectivity index (χ0) is 16.9. The summed E-state index contributed by atoms with van der Waals surface area (Å²) >= 11 is 0. The van der Waals surface area contributed by atoms with Gasteiger partial charge in [-0.1, -0.05) is 43.3 Å². The van der Waals surface area contributed by atoms with E-state index < -0.39 is 0 Å². The molecular weight excluding hydrogens is 300 g/mol. The Bertz CT molecular complexity index is 844. The molecule has 0 spiro atoms. The van der Waals surface area contributed by atoms with Crippen LogP contribution in [-0.2, 0) is 19.5 Å². The summed E-state index contributed by atoms with van der Waals surface area (Å²) in [7, 11) is 1.91. The van der Waals surface area contributed by atoms with Crippen molar-refractivity contribution >= 4 is 0 Å². The minimum Gasteiger partial charge on any atom is -0.316 e. The minimum atomic E-state index is -0.129. The predicted molar refractivity (Wildman–Crippen MR) is 95.5 cm³/mol. The van der Waals surface area contributed by atoms with Gasteiger partial charge in [0.1, 0.15) is 6.33 Å². The van der Waals surface area contributed by atoms with Gasteiger partial charge in [0.25, 0.3) is 0 Å². The Morgan fingerprint density at radius 1 is 0.958 bits per heavy atom. The van der Waals surface area contributed by atoms with Crippen LogP contribution in [0.2, 0.25) is 0 Å². The van der Waals surface area contributed by atoms with E-state index in [1.807, 2.05) is 31.3 Å². The maximum atomic E-state index is 12.6. The van der Waals surface area contributed by atoms with Crippen molar-refractivity contribution in [1.82, 2.24) is 19.7 Å². The maximum absolute atomic E-state index is 12.6. The van der Waals surface area contributed by atoms with Gasteiger partial charge in [0.05, 0.1) is 12.2 Å². The quantitative estimate of drug-likeness (QED) is 0.758. The zero-order valence-electron chi connectivity index (χ0n) is 14.1. The standard InChI is InChI=1S/C19H22N4O/c1-3-15-4-6-17(7-5-15)13-23-19(24)22(14-21-23)18-10-8-16(9-11-18)12-20-2/h4-11,14,20H,3,12-13H2,1-2H3. The van der Waals surface area contributed by atoms with Crippen molar-refractivity contribution in [2.45, 2.75) is 26.4 Å². The number of hydrogen-bond acceptors (Lipinski definition) is 3. The van der Waals surface area contributed by atoms with Crippen LogP contribution < -0.4 is 11.0 Å². The van der Waals surface area contributed by atoms with Gasteiger partial charge in [0, 0.05) is 6.54 Å². The van der Waals surface area contributed by atoms with Gasteiger partial charge in [-0.2, -0.15) is 5.10 Å². The highest BCUT2D eigenvalue weighted by molar-refractivity contribution is 5.34. The first-order valence-corrected chi connectivity index (χ1v) is 8.17. The van der Waals surface area contributed by atoms with E-state index in [0.29, 0.717) is 6.54 Å². The summed E-state index contributed by atoms with van der Waals surface area (Å²) in [5, 5.41) is 7.35. The summed E-state index contributed by atoms with van der Waals surface area (Å²) in [6.07, 6.45) is 2.59. The van der Waals surface area contributed by atoms with Crippen molar-refractivity contribution in [3.8, 4) is 5.69 Å². The molecule has 0 radical (unpaired) electrons. The van der Waals surface area contributed by atoms with Crippen LogP contribution in [0.5, 0.6) is 0 Å². The topological polar surface area (TPSA) is 51.9 Å². The van der Waals surface area contributed by atoms with Gasteiger partial charge in [-0.25, -0.2) is 14.0 Å². The lowest BCUT2D eigenvalue weighted by Gasteiger charge is -2.04. The number of hydrogen-bond donors (Lipinski definition) is 1. The molecule has 0 fully saturated rings. The summed E-state index contributed by atoms with van der Waals surface area (Å²) < 4.78 is 3.06. The predicted octanol–water partition coefficient (Wildman–Crippen LogP) is 2.36. The summed E-state index contributed by atoms with van der Waals surface area (Å²) in [5.41, 5.74) is 4.24. The van der Waals surface area contributed by atoms with Crippen LogP contribution in [0.15, 0.2) is 59.7 Å². The molecule has 5 nitrogen and oxygen atoms in total. The fourth-order valence-corrected chi connectivity index (χ4v) is 2.65. The monoisotopic (exact) mass is 322 g/mol. The van der Waals surface area contributed by atoms with E-state index in [9.17, 15) is 4.79 Å². The van der Waals surface area contributed by atoms with Crippen LogP contribution in [0.25, 0.3) is 5.69 Å². The number of benzene rings is 2. The molecule has 1 heterocycles. The number of aryl methyl sites for hydroxylation is 1. The lowest BCUT2D eigenvalue weighted by atomic mass is 10.1. The molecule has 3 rings (SSSR count). The number of nitrogens with one attached hydrogen (secondary N) is 1. The second-order valence-electron chi connectivity index (χ2n) is 5.81. The minimum absolute atomic E-state index is 0.129. The fraction of sp³-hybridized carbons (Fsp3) is 0.263. The molecule has 0 aliphatic rings. The van der Waals surface area contributed by atoms with Crippen LogP contribution in [0.3, 0.4) is 0 Å². The van der Waals surface area contributed by atoms with Crippen LogP contribution in [0, 0.1) is 0 Å². The SMILES string of the molecule is CCc1ccc(Cn2ncn(-c3ccc(CNC)cc3)c2=O)cc1. The normalized spacial score (nSPS) is 10.9. The number of nitrogens with zero attached hydrogens (tertiary/aromatic N) is 3. The first-order chi connectivity index (χ1) is 11.7. The molecule has 0 unspecified atom stereocenters. The smallest absolute Gasteiger partial charge is 0.316 e. The first kappa shape index (κ1) is 16.2. The maximum Gasteiger partial charge on any atom is 0.350 e. The average molecular weight is 322 g/mol. The van der Waals surface area contributed by atoms with Gasteiger partial charge in [-0.15, -0.1) is 0 Å². The van der Waals surface area contributed by atoms with Crippen LogP contribution in [0.1, 0.15) is 23.6 Å². The molecule has 0 aliphatic carbocycles. The van der Waals surface area contributed by atoms with Crippen molar-refractivity contribution in [3.63, 3.8) is 0 Å². The average Bonchev–Trinajstić information content (AvgIpc) is 2.97. The molecular formula is C19H22N4O. The second-order valence-corrected chi connectivity index (χ2v) is 5.81. The third-order valence-electron chi connectivity index (χ3n) is 4.09. The van der Waals surface area contributed by atoms with Crippen LogP contribution in [0.4, 0.5) is 0 Å². The van der Waals surface area contributed by atoms with Crippen molar-refractivity contribution in [2.24, 2.45) is 0 Å². The Hall–Kier alpha value is -2.66. The molecule has 0 amide bonds. The van der Waals surface area contributed by atoms with E-state index in [2.05, 4.69) is 41.6 Å². The van der Waals surface area contributed by atoms with Crippen molar-refractivity contribution in [3.05, 3.63) is 82.0 Å². The Kier molecular flexibility index (Phi) is 4.91. The highest BCUT2D eigenvalue weighted by Crippen LogP contribution is 2.09. The van der Waals surface area contributed by atoms with Crippen LogP contribution in [-0.4, -0.2) is 21.4 Å². The third kappa shape index (κ3) is 3.46. The molecule has 1 N–H and O–H groups in total. The Labute approximate surface area is 141 Å². The largest absolute Gasteiger partial charge is 0.350 e. The van der Waals surface area contributed by atoms with Crippen LogP contribution >= 0.6 is 0 Å². The van der Waals surface area contributed by atoms with Gasteiger partial charge < -0.3 is 5.32 Å². The van der Waals surface area contributed by atoms with E-state index in [-0.39, 0.29) is 5.69 Å². The van der Waals surface area contributed by atoms with Gasteiger partial charge in [0.2, 0.25) is 0 Å². The lowest BCUT2D eigenvalue weighted by Crippen LogP contribution is -2.24.